The van der Waals surface area contributed by atoms with E-state index in [1.807, 2.05) is 50.2 Å². The molecule has 1 N–H and O–H groups in total. The van der Waals surface area contributed by atoms with Crippen molar-refractivity contribution in [3.8, 4) is 11.5 Å². The monoisotopic (exact) mass is 313 g/mol. The van der Waals surface area contributed by atoms with Gasteiger partial charge in [-0.25, -0.2) is 0 Å². The molecular weight excluding hydrogens is 290 g/mol. The van der Waals surface area contributed by atoms with Gasteiger partial charge in [-0.2, -0.15) is 0 Å². The summed E-state index contributed by atoms with van der Waals surface area (Å²) in [5.41, 5.74) is 4.03. The van der Waals surface area contributed by atoms with Crippen molar-refractivity contribution < 1.29 is 14.3 Å². The van der Waals surface area contributed by atoms with Gasteiger partial charge in [-0.15, -0.1) is 0 Å². The van der Waals surface area contributed by atoms with Crippen LogP contribution >= 0.6 is 0 Å². The third-order valence-electron chi connectivity index (χ3n) is 3.78. The lowest BCUT2D eigenvalue weighted by molar-refractivity contribution is -0.120. The molecule has 0 heterocycles. The van der Waals surface area contributed by atoms with E-state index in [9.17, 15) is 4.79 Å². The molecule has 0 aliphatic rings. The minimum atomic E-state index is -0.00822. The van der Waals surface area contributed by atoms with Gasteiger partial charge < -0.3 is 14.8 Å². The SMILES string of the molecule is COc1ccc(CNC(=O)Cc2cccc(C)c2)c(OC)c1C. The summed E-state index contributed by atoms with van der Waals surface area (Å²) in [5, 5.41) is 2.95. The number of nitrogens with one attached hydrogen (secondary N) is 1. The van der Waals surface area contributed by atoms with Crippen molar-refractivity contribution in [1.82, 2.24) is 5.32 Å². The summed E-state index contributed by atoms with van der Waals surface area (Å²) in [6.45, 7) is 4.39. The minimum absolute atomic E-state index is 0.00822. The average molecular weight is 313 g/mol. The van der Waals surface area contributed by atoms with E-state index in [1.165, 1.54) is 0 Å². The van der Waals surface area contributed by atoms with Gasteiger partial charge in [-0.05, 0) is 31.5 Å². The molecule has 0 spiro atoms. The average Bonchev–Trinajstić information content (AvgIpc) is 2.53. The van der Waals surface area contributed by atoms with Crippen LogP contribution in [-0.4, -0.2) is 20.1 Å². The number of hydrogen-bond donors (Lipinski definition) is 1. The maximum Gasteiger partial charge on any atom is 0.224 e. The number of benzene rings is 2. The first kappa shape index (κ1) is 16.9. The number of rotatable bonds is 6. The number of ether oxygens (including phenoxy) is 2. The van der Waals surface area contributed by atoms with E-state index in [0.717, 1.165) is 33.8 Å². The maximum absolute atomic E-state index is 12.1. The minimum Gasteiger partial charge on any atom is -0.496 e. The first-order valence-corrected chi connectivity index (χ1v) is 7.58. The summed E-state index contributed by atoms with van der Waals surface area (Å²) in [4.78, 5) is 12.1. The number of methoxy groups -OCH3 is 2. The second-order valence-electron chi connectivity index (χ2n) is 5.53. The van der Waals surface area contributed by atoms with Gasteiger partial charge in [0.15, 0.2) is 0 Å². The highest BCUT2D eigenvalue weighted by molar-refractivity contribution is 5.78. The quantitative estimate of drug-likeness (QED) is 0.891. The Morgan fingerprint density at radius 3 is 2.52 bits per heavy atom. The van der Waals surface area contributed by atoms with Gasteiger partial charge in [0.1, 0.15) is 11.5 Å². The van der Waals surface area contributed by atoms with E-state index in [4.69, 9.17) is 9.47 Å². The molecule has 122 valence electrons. The first-order chi connectivity index (χ1) is 11.0. The summed E-state index contributed by atoms with van der Waals surface area (Å²) >= 11 is 0. The number of hydrogen-bond acceptors (Lipinski definition) is 3. The molecule has 0 atom stereocenters. The molecule has 0 aliphatic carbocycles. The van der Waals surface area contributed by atoms with E-state index in [1.54, 1.807) is 14.2 Å². The normalized spacial score (nSPS) is 10.3. The molecule has 1 amide bonds. The van der Waals surface area contributed by atoms with Crippen LogP contribution < -0.4 is 14.8 Å². The molecule has 2 aromatic rings. The summed E-state index contributed by atoms with van der Waals surface area (Å²) in [6.07, 6.45) is 0.374. The van der Waals surface area contributed by atoms with E-state index < -0.39 is 0 Å². The van der Waals surface area contributed by atoms with Crippen LogP contribution in [0.1, 0.15) is 22.3 Å². The van der Waals surface area contributed by atoms with Crippen molar-refractivity contribution in [3.05, 3.63) is 58.7 Å². The highest BCUT2D eigenvalue weighted by atomic mass is 16.5. The number of aryl methyl sites for hydroxylation is 1. The van der Waals surface area contributed by atoms with E-state index in [-0.39, 0.29) is 5.91 Å². The van der Waals surface area contributed by atoms with E-state index >= 15 is 0 Å². The molecule has 0 bridgehead atoms. The van der Waals surface area contributed by atoms with Crippen LogP contribution in [-0.2, 0) is 17.8 Å². The largest absolute Gasteiger partial charge is 0.496 e. The molecule has 23 heavy (non-hydrogen) atoms. The fourth-order valence-corrected chi connectivity index (χ4v) is 2.64. The fraction of sp³-hybridized carbons (Fsp3) is 0.316. The molecule has 2 aromatic carbocycles. The van der Waals surface area contributed by atoms with Crippen molar-refractivity contribution in [3.63, 3.8) is 0 Å². The Hall–Kier alpha value is -2.49. The third-order valence-corrected chi connectivity index (χ3v) is 3.78. The lowest BCUT2D eigenvalue weighted by Crippen LogP contribution is -2.25. The standard InChI is InChI=1S/C19H23NO3/c1-13-6-5-7-15(10-13)11-18(21)20-12-16-8-9-17(22-3)14(2)19(16)23-4/h5-10H,11-12H2,1-4H3,(H,20,21). The smallest absolute Gasteiger partial charge is 0.224 e. The zero-order valence-electron chi connectivity index (χ0n) is 14.1. The zero-order chi connectivity index (χ0) is 16.8. The van der Waals surface area contributed by atoms with Gasteiger partial charge in [0.25, 0.3) is 0 Å². The third kappa shape index (κ3) is 4.25. The molecule has 0 unspecified atom stereocenters. The van der Waals surface area contributed by atoms with E-state index in [2.05, 4.69) is 5.32 Å². The van der Waals surface area contributed by atoms with Gasteiger partial charge in [0.2, 0.25) is 5.91 Å². The van der Waals surface area contributed by atoms with Gasteiger partial charge in [-0.1, -0.05) is 29.8 Å². The van der Waals surface area contributed by atoms with Crippen molar-refractivity contribution in [2.24, 2.45) is 0 Å². The zero-order valence-corrected chi connectivity index (χ0v) is 14.1. The Morgan fingerprint density at radius 1 is 1.09 bits per heavy atom. The van der Waals surface area contributed by atoms with E-state index in [0.29, 0.717) is 13.0 Å². The highest BCUT2D eigenvalue weighted by Gasteiger charge is 2.12. The predicted octanol–water partition coefficient (Wildman–Crippen LogP) is 3.18. The Labute approximate surface area is 137 Å². The molecule has 0 fully saturated rings. The summed E-state index contributed by atoms with van der Waals surface area (Å²) < 4.78 is 10.7. The molecule has 0 saturated carbocycles. The Balaban J connectivity index is 2.03. The van der Waals surface area contributed by atoms with Crippen molar-refractivity contribution in [2.75, 3.05) is 14.2 Å². The topological polar surface area (TPSA) is 47.6 Å². The van der Waals surface area contributed by atoms with Crippen LogP contribution in [0.5, 0.6) is 11.5 Å². The molecule has 0 aromatic heterocycles. The second kappa shape index (κ2) is 7.68. The number of carbonyl (C=O) groups excluding carboxylic acids is 1. The first-order valence-electron chi connectivity index (χ1n) is 7.58. The van der Waals surface area contributed by atoms with Gasteiger partial charge in [0, 0.05) is 17.7 Å². The number of amides is 1. The number of carbonyl (C=O) groups is 1. The fourth-order valence-electron chi connectivity index (χ4n) is 2.64. The van der Waals surface area contributed by atoms with Crippen LogP contribution in [0.3, 0.4) is 0 Å². The molecule has 0 saturated heterocycles. The summed E-state index contributed by atoms with van der Waals surface area (Å²) in [5.74, 6) is 1.52. The van der Waals surface area contributed by atoms with Gasteiger partial charge >= 0.3 is 0 Å². The lowest BCUT2D eigenvalue weighted by Gasteiger charge is -2.15. The van der Waals surface area contributed by atoms with Crippen LogP contribution in [0.2, 0.25) is 0 Å². The van der Waals surface area contributed by atoms with Gasteiger partial charge in [0.05, 0.1) is 20.6 Å². The maximum atomic E-state index is 12.1. The molecular formula is C19H23NO3. The molecule has 0 aliphatic heterocycles. The van der Waals surface area contributed by atoms with Gasteiger partial charge in [-0.3, -0.25) is 4.79 Å². The highest BCUT2D eigenvalue weighted by Crippen LogP contribution is 2.31. The van der Waals surface area contributed by atoms with Crippen LogP contribution in [0.4, 0.5) is 0 Å². The molecule has 4 heteroatoms. The summed E-state index contributed by atoms with van der Waals surface area (Å²) in [6, 6.07) is 11.8. The van der Waals surface area contributed by atoms with Crippen LogP contribution in [0.15, 0.2) is 36.4 Å². The van der Waals surface area contributed by atoms with Crippen molar-refractivity contribution in [1.29, 1.82) is 0 Å². The second-order valence-corrected chi connectivity index (χ2v) is 5.53. The molecule has 2 rings (SSSR count). The molecule has 4 nitrogen and oxygen atoms in total. The Morgan fingerprint density at radius 2 is 1.87 bits per heavy atom. The van der Waals surface area contributed by atoms with Crippen LogP contribution in [0, 0.1) is 13.8 Å². The predicted molar refractivity (Wildman–Crippen MR) is 91.0 cm³/mol. The van der Waals surface area contributed by atoms with Crippen molar-refractivity contribution in [2.45, 2.75) is 26.8 Å². The van der Waals surface area contributed by atoms with Crippen molar-refractivity contribution >= 4 is 5.91 Å². The molecule has 0 radical (unpaired) electrons. The van der Waals surface area contributed by atoms with Crippen LogP contribution in [0.25, 0.3) is 0 Å². The lowest BCUT2D eigenvalue weighted by atomic mass is 10.1. The summed E-state index contributed by atoms with van der Waals surface area (Å²) in [7, 11) is 3.25. The Kier molecular flexibility index (Phi) is 5.63. The Bertz CT molecular complexity index is 695.